The first-order valence-corrected chi connectivity index (χ1v) is 8.52. The van der Waals surface area contributed by atoms with Crippen LogP contribution in [0, 0.1) is 5.92 Å². The smallest absolute Gasteiger partial charge is 0.122 e. The van der Waals surface area contributed by atoms with Gasteiger partial charge in [-0.1, -0.05) is 57.2 Å². The van der Waals surface area contributed by atoms with Crippen LogP contribution in [0.5, 0.6) is 5.75 Å². The highest BCUT2D eigenvalue weighted by Crippen LogP contribution is 2.50. The summed E-state index contributed by atoms with van der Waals surface area (Å²) in [4.78, 5) is 0. The molecule has 1 nitrogen and oxygen atoms in total. The van der Waals surface area contributed by atoms with Crippen molar-refractivity contribution in [3.8, 4) is 5.75 Å². The average molecular weight is 292 g/mol. The Bertz CT molecular complexity index is 703. The van der Waals surface area contributed by atoms with Gasteiger partial charge in [-0.2, -0.15) is 0 Å². The second-order valence-electron chi connectivity index (χ2n) is 7.09. The van der Waals surface area contributed by atoms with Gasteiger partial charge in [0, 0.05) is 5.92 Å². The highest BCUT2D eigenvalue weighted by Gasteiger charge is 2.36. The third kappa shape index (κ3) is 1.99. The number of hydrogen-bond donors (Lipinski definition) is 0. The molecule has 0 N–H and O–H groups in total. The van der Waals surface area contributed by atoms with Gasteiger partial charge in [0.05, 0.1) is 6.61 Å². The van der Waals surface area contributed by atoms with Crippen molar-refractivity contribution in [3.05, 3.63) is 64.7 Å². The van der Waals surface area contributed by atoms with Gasteiger partial charge in [0.15, 0.2) is 0 Å². The second-order valence-corrected chi connectivity index (χ2v) is 7.09. The van der Waals surface area contributed by atoms with Crippen molar-refractivity contribution in [1.29, 1.82) is 0 Å². The van der Waals surface area contributed by atoms with Crippen LogP contribution < -0.4 is 4.74 Å². The van der Waals surface area contributed by atoms with Crippen LogP contribution in [0.15, 0.2) is 42.5 Å². The molecule has 2 aromatic carbocycles. The van der Waals surface area contributed by atoms with Crippen LogP contribution in [-0.2, 0) is 0 Å². The van der Waals surface area contributed by atoms with E-state index in [0.29, 0.717) is 23.7 Å². The summed E-state index contributed by atoms with van der Waals surface area (Å²) in [5, 5.41) is 0. The van der Waals surface area contributed by atoms with E-state index < -0.39 is 0 Å². The van der Waals surface area contributed by atoms with Gasteiger partial charge in [0.1, 0.15) is 5.75 Å². The van der Waals surface area contributed by atoms with Crippen molar-refractivity contribution in [2.24, 2.45) is 5.92 Å². The van der Waals surface area contributed by atoms with E-state index in [1.54, 1.807) is 0 Å². The lowest BCUT2D eigenvalue weighted by Gasteiger charge is -2.26. The number of hydrogen-bond acceptors (Lipinski definition) is 1. The van der Waals surface area contributed by atoms with Gasteiger partial charge in [0.2, 0.25) is 0 Å². The minimum Gasteiger partial charge on any atom is -0.493 e. The molecule has 1 aliphatic carbocycles. The molecular weight excluding hydrogens is 268 g/mol. The zero-order chi connectivity index (χ0) is 15.3. The van der Waals surface area contributed by atoms with E-state index >= 15 is 0 Å². The van der Waals surface area contributed by atoms with Crippen LogP contribution in [-0.4, -0.2) is 6.61 Å². The molecule has 0 spiro atoms. The largest absolute Gasteiger partial charge is 0.493 e. The Morgan fingerprint density at radius 2 is 1.68 bits per heavy atom. The normalized spacial score (nSPS) is 29.6. The van der Waals surface area contributed by atoms with Gasteiger partial charge in [-0.05, 0) is 52.5 Å². The Morgan fingerprint density at radius 1 is 0.909 bits per heavy atom. The Labute approximate surface area is 133 Å². The Kier molecular flexibility index (Phi) is 3.25. The van der Waals surface area contributed by atoms with E-state index in [-0.39, 0.29) is 0 Å². The van der Waals surface area contributed by atoms with Crippen molar-refractivity contribution < 1.29 is 4.74 Å². The van der Waals surface area contributed by atoms with Crippen LogP contribution in [0.25, 0.3) is 0 Å². The van der Waals surface area contributed by atoms with Gasteiger partial charge in [-0.25, -0.2) is 0 Å². The molecule has 0 amide bonds. The molecule has 0 saturated heterocycles. The minimum absolute atomic E-state index is 0.519. The first-order chi connectivity index (χ1) is 10.7. The molecule has 2 aromatic rings. The third-order valence-electron chi connectivity index (χ3n) is 5.87. The van der Waals surface area contributed by atoms with Gasteiger partial charge in [0.25, 0.3) is 0 Å². The van der Waals surface area contributed by atoms with Crippen LogP contribution in [0.1, 0.15) is 67.2 Å². The summed E-state index contributed by atoms with van der Waals surface area (Å²) in [7, 11) is 0. The summed E-state index contributed by atoms with van der Waals surface area (Å²) in [5.41, 5.74) is 5.90. The van der Waals surface area contributed by atoms with Crippen LogP contribution in [0.2, 0.25) is 0 Å². The van der Waals surface area contributed by atoms with E-state index in [4.69, 9.17) is 4.74 Å². The molecular formula is C21H24O. The first kappa shape index (κ1) is 13.9. The Balaban J connectivity index is 1.81. The van der Waals surface area contributed by atoms with Gasteiger partial charge >= 0.3 is 0 Å². The molecule has 4 rings (SSSR count). The predicted octanol–water partition coefficient (Wildman–Crippen LogP) is 5.46. The summed E-state index contributed by atoms with van der Waals surface area (Å²) >= 11 is 0. The molecule has 1 aliphatic heterocycles. The lowest BCUT2D eigenvalue weighted by molar-refractivity contribution is 0.272. The fourth-order valence-electron chi connectivity index (χ4n) is 4.33. The molecule has 0 saturated carbocycles. The number of benzene rings is 2. The lowest BCUT2D eigenvalue weighted by atomic mass is 9.82. The summed E-state index contributed by atoms with van der Waals surface area (Å²) in [6.07, 6.45) is 1.13. The third-order valence-corrected chi connectivity index (χ3v) is 5.87. The maximum Gasteiger partial charge on any atom is 0.122 e. The van der Waals surface area contributed by atoms with Crippen LogP contribution in [0.3, 0.4) is 0 Å². The maximum absolute atomic E-state index is 5.83. The topological polar surface area (TPSA) is 9.23 Å². The molecule has 0 fully saturated rings. The first-order valence-electron chi connectivity index (χ1n) is 8.52. The summed E-state index contributed by atoms with van der Waals surface area (Å²) < 4.78 is 5.83. The molecule has 0 aromatic heterocycles. The fraction of sp³-hybridized carbons (Fsp3) is 0.429. The zero-order valence-electron chi connectivity index (χ0n) is 13.7. The molecule has 0 bridgehead atoms. The van der Waals surface area contributed by atoms with E-state index in [2.05, 4.69) is 63.2 Å². The van der Waals surface area contributed by atoms with Crippen LogP contribution in [0.4, 0.5) is 0 Å². The second kappa shape index (κ2) is 5.15. The minimum atomic E-state index is 0.519. The Hall–Kier alpha value is -1.76. The van der Waals surface area contributed by atoms with Gasteiger partial charge in [-0.3, -0.25) is 0 Å². The number of fused-ring (bicyclic) bond motifs is 2. The van der Waals surface area contributed by atoms with Gasteiger partial charge < -0.3 is 4.74 Å². The molecule has 4 atom stereocenters. The molecule has 1 heterocycles. The molecule has 0 radical (unpaired) electrons. The predicted molar refractivity (Wildman–Crippen MR) is 90.8 cm³/mol. The molecule has 1 unspecified atom stereocenters. The van der Waals surface area contributed by atoms with Crippen molar-refractivity contribution in [2.45, 2.75) is 44.9 Å². The average Bonchev–Trinajstić information content (AvgIpc) is 2.80. The molecule has 1 heteroatoms. The summed E-state index contributed by atoms with van der Waals surface area (Å²) in [5.74, 6) is 3.49. The SMILES string of the molecule is C[C@@H]1c2ccccc2C(c2ccc3c(c2)[C@@H](C)CCO3)[C@@H]1C. The van der Waals surface area contributed by atoms with Crippen molar-refractivity contribution in [2.75, 3.05) is 6.61 Å². The van der Waals surface area contributed by atoms with Crippen molar-refractivity contribution in [1.82, 2.24) is 0 Å². The maximum atomic E-state index is 5.83. The molecule has 22 heavy (non-hydrogen) atoms. The quantitative estimate of drug-likeness (QED) is 0.678. The van der Waals surface area contributed by atoms with E-state index in [0.717, 1.165) is 18.8 Å². The number of rotatable bonds is 1. The lowest BCUT2D eigenvalue weighted by Crippen LogP contribution is -2.14. The molecule has 2 aliphatic rings. The monoisotopic (exact) mass is 292 g/mol. The zero-order valence-corrected chi connectivity index (χ0v) is 13.7. The standard InChI is InChI=1S/C21H24O/c1-13-10-11-22-20-9-8-16(12-19(13)20)21-15(3)14(2)17-6-4-5-7-18(17)21/h4-9,12-15,21H,10-11H2,1-3H3/t13-,14-,15+,21?/m0/s1. The number of ether oxygens (including phenoxy) is 1. The van der Waals surface area contributed by atoms with Gasteiger partial charge in [-0.15, -0.1) is 0 Å². The van der Waals surface area contributed by atoms with Crippen molar-refractivity contribution in [3.63, 3.8) is 0 Å². The molecule has 114 valence electrons. The van der Waals surface area contributed by atoms with E-state index in [9.17, 15) is 0 Å². The summed E-state index contributed by atoms with van der Waals surface area (Å²) in [6.45, 7) is 7.94. The highest BCUT2D eigenvalue weighted by atomic mass is 16.5. The van der Waals surface area contributed by atoms with E-state index in [1.165, 1.54) is 22.3 Å². The van der Waals surface area contributed by atoms with Crippen LogP contribution >= 0.6 is 0 Å². The Morgan fingerprint density at radius 3 is 2.50 bits per heavy atom. The fourth-order valence-corrected chi connectivity index (χ4v) is 4.33. The van der Waals surface area contributed by atoms with Crippen molar-refractivity contribution >= 4 is 0 Å². The summed E-state index contributed by atoms with van der Waals surface area (Å²) in [6, 6.07) is 15.9. The van der Waals surface area contributed by atoms with E-state index in [1.807, 2.05) is 0 Å². The highest BCUT2D eigenvalue weighted by molar-refractivity contribution is 5.49.